The Hall–Kier alpha value is -1.65. The summed E-state index contributed by atoms with van der Waals surface area (Å²) in [4.78, 5) is 0. The number of aliphatic hydroxyl groups is 1. The van der Waals surface area contributed by atoms with Crippen LogP contribution in [0.1, 0.15) is 5.56 Å². The molecule has 2 aromatic rings. The summed E-state index contributed by atoms with van der Waals surface area (Å²) in [6.45, 7) is -0.427. The lowest BCUT2D eigenvalue weighted by Crippen LogP contribution is -2.15. The van der Waals surface area contributed by atoms with Gasteiger partial charge in [-0.2, -0.15) is 0 Å². The lowest BCUT2D eigenvalue weighted by Gasteiger charge is -2.09. The van der Waals surface area contributed by atoms with Gasteiger partial charge >= 0.3 is 0 Å². The second-order valence-corrected chi connectivity index (χ2v) is 6.70. The monoisotopic (exact) mass is 341 g/mol. The first-order valence-electron chi connectivity index (χ1n) is 5.30. The summed E-state index contributed by atoms with van der Waals surface area (Å²) in [6.07, 6.45) is 0. The molecule has 0 aliphatic carbocycles. The first-order valence-corrected chi connectivity index (χ1v) is 7.66. The first-order chi connectivity index (χ1) is 9.76. The largest absolute Gasteiger partial charge is 0.392 e. The summed E-state index contributed by atoms with van der Waals surface area (Å²) >= 11 is 0.678. The number of nitrogens with one attached hydrogen (secondary N) is 1. The van der Waals surface area contributed by atoms with Crippen LogP contribution < -0.4 is 4.72 Å². The predicted molar refractivity (Wildman–Crippen MR) is 67.3 cm³/mol. The molecule has 0 unspecified atom stereocenters. The van der Waals surface area contributed by atoms with E-state index in [1.54, 1.807) is 0 Å². The summed E-state index contributed by atoms with van der Waals surface area (Å²) in [5.41, 5.74) is -1.17. The number of hydrogen-bond donors (Lipinski definition) is 2. The molecule has 2 N–H and O–H groups in total. The molecule has 0 spiro atoms. The fourth-order valence-corrected chi connectivity index (χ4v) is 3.69. The van der Waals surface area contributed by atoms with Crippen LogP contribution in [-0.4, -0.2) is 13.5 Å². The van der Waals surface area contributed by atoms with E-state index in [9.17, 15) is 26.0 Å². The molecule has 0 radical (unpaired) electrons. The predicted octanol–water partition coefficient (Wildman–Crippen LogP) is 2.60. The number of halogens is 4. The van der Waals surface area contributed by atoms with Gasteiger partial charge in [0.2, 0.25) is 0 Å². The van der Waals surface area contributed by atoms with Crippen molar-refractivity contribution in [2.45, 2.75) is 10.8 Å². The number of thiophene rings is 1. The van der Waals surface area contributed by atoms with Gasteiger partial charge in [-0.3, -0.25) is 4.72 Å². The maximum atomic E-state index is 13.4. The van der Waals surface area contributed by atoms with Gasteiger partial charge in [0.05, 0.1) is 6.61 Å². The molecular formula is C11H7F4NO3S2. The average Bonchev–Trinajstić information content (AvgIpc) is 2.91. The Bertz CT molecular complexity index is 763. The van der Waals surface area contributed by atoms with E-state index < -0.39 is 45.6 Å². The maximum Gasteiger partial charge on any atom is 0.271 e. The fraction of sp³-hybridized carbons (Fsp3) is 0.0909. The average molecular weight is 341 g/mol. The number of rotatable bonds is 4. The minimum Gasteiger partial charge on any atom is -0.392 e. The van der Waals surface area contributed by atoms with Crippen LogP contribution in [-0.2, 0) is 16.6 Å². The van der Waals surface area contributed by atoms with Crippen molar-refractivity contribution in [1.29, 1.82) is 0 Å². The highest BCUT2D eigenvalue weighted by Crippen LogP contribution is 2.28. The normalized spacial score (nSPS) is 11.7. The zero-order valence-corrected chi connectivity index (χ0v) is 11.7. The van der Waals surface area contributed by atoms with Crippen LogP contribution in [0.4, 0.5) is 23.2 Å². The van der Waals surface area contributed by atoms with E-state index in [1.165, 1.54) is 10.1 Å². The molecule has 0 atom stereocenters. The van der Waals surface area contributed by atoms with Gasteiger partial charge in [-0.25, -0.2) is 26.0 Å². The quantitative estimate of drug-likeness (QED) is 0.664. The van der Waals surface area contributed by atoms with E-state index in [2.05, 4.69) is 0 Å². The van der Waals surface area contributed by atoms with E-state index >= 15 is 0 Å². The topological polar surface area (TPSA) is 66.4 Å². The Labute approximate surface area is 120 Å². The van der Waals surface area contributed by atoms with Gasteiger partial charge < -0.3 is 5.11 Å². The summed E-state index contributed by atoms with van der Waals surface area (Å²) < 4.78 is 77.7. The Balaban J connectivity index is 2.46. The molecular weight excluding hydrogens is 334 g/mol. The molecule has 0 saturated carbocycles. The molecule has 2 rings (SSSR count). The van der Waals surface area contributed by atoms with Gasteiger partial charge in [-0.1, -0.05) is 0 Å². The molecule has 21 heavy (non-hydrogen) atoms. The van der Waals surface area contributed by atoms with Crippen molar-refractivity contribution < 1.29 is 31.1 Å². The molecule has 114 valence electrons. The van der Waals surface area contributed by atoms with Gasteiger partial charge in [0.15, 0.2) is 23.3 Å². The second-order valence-electron chi connectivity index (χ2n) is 3.88. The van der Waals surface area contributed by atoms with Gasteiger partial charge in [-0.05, 0) is 17.0 Å². The van der Waals surface area contributed by atoms with Crippen molar-refractivity contribution in [1.82, 2.24) is 0 Å². The van der Waals surface area contributed by atoms with Crippen molar-refractivity contribution in [3.63, 3.8) is 0 Å². The number of sulfonamides is 1. The molecule has 1 aromatic heterocycles. The minimum absolute atomic E-state index is 0.0303. The molecule has 1 aromatic carbocycles. The molecule has 0 fully saturated rings. The number of anilines is 1. The molecule has 10 heteroatoms. The molecule has 0 saturated heterocycles. The third-order valence-electron chi connectivity index (χ3n) is 2.43. The highest BCUT2D eigenvalue weighted by Gasteiger charge is 2.25. The van der Waals surface area contributed by atoms with Crippen LogP contribution >= 0.6 is 11.3 Å². The summed E-state index contributed by atoms with van der Waals surface area (Å²) in [7, 11) is -4.44. The van der Waals surface area contributed by atoms with Gasteiger partial charge in [0.25, 0.3) is 10.0 Å². The zero-order chi connectivity index (χ0) is 15.8. The Kier molecular flexibility index (Phi) is 4.21. The maximum absolute atomic E-state index is 13.4. The van der Waals surface area contributed by atoms with E-state index in [4.69, 9.17) is 5.11 Å². The number of benzene rings is 1. The minimum atomic E-state index is -4.44. The SMILES string of the molecule is O=S(=O)(Nc1c(F)c(F)cc(F)c1F)c1cc(CO)cs1. The third-order valence-corrected chi connectivity index (χ3v) is 5.26. The van der Waals surface area contributed by atoms with E-state index in [0.29, 0.717) is 11.3 Å². The van der Waals surface area contributed by atoms with Crippen molar-refractivity contribution in [3.05, 3.63) is 46.3 Å². The van der Waals surface area contributed by atoms with Gasteiger partial charge in [0, 0.05) is 6.07 Å². The van der Waals surface area contributed by atoms with Crippen molar-refractivity contribution in [2.24, 2.45) is 0 Å². The zero-order valence-electron chi connectivity index (χ0n) is 10.0. The number of aliphatic hydroxyl groups excluding tert-OH is 1. The van der Waals surface area contributed by atoms with Crippen molar-refractivity contribution in [3.8, 4) is 0 Å². The van der Waals surface area contributed by atoms with Gasteiger partial charge in [-0.15, -0.1) is 11.3 Å². The molecule has 4 nitrogen and oxygen atoms in total. The van der Waals surface area contributed by atoms with Crippen LogP contribution in [0.25, 0.3) is 0 Å². The molecule has 0 amide bonds. The molecule has 1 heterocycles. The van der Waals surface area contributed by atoms with Crippen LogP contribution in [0.5, 0.6) is 0 Å². The Morgan fingerprint density at radius 1 is 1.10 bits per heavy atom. The van der Waals surface area contributed by atoms with Crippen molar-refractivity contribution in [2.75, 3.05) is 4.72 Å². The van der Waals surface area contributed by atoms with Crippen LogP contribution in [0.2, 0.25) is 0 Å². The van der Waals surface area contributed by atoms with Crippen LogP contribution in [0, 0.1) is 23.3 Å². The number of hydrogen-bond acceptors (Lipinski definition) is 4. The van der Waals surface area contributed by atoms with E-state index in [-0.39, 0.29) is 15.8 Å². The van der Waals surface area contributed by atoms with E-state index in [0.717, 1.165) is 6.07 Å². The Morgan fingerprint density at radius 2 is 1.67 bits per heavy atom. The smallest absolute Gasteiger partial charge is 0.271 e. The van der Waals surface area contributed by atoms with Crippen molar-refractivity contribution >= 4 is 27.0 Å². The molecule has 0 bridgehead atoms. The van der Waals surface area contributed by atoms with E-state index in [1.807, 2.05) is 0 Å². The standard InChI is InChI=1S/C11H7F4NO3S2/c12-6-2-7(13)10(15)11(9(6)14)16-21(18,19)8-1-5(3-17)4-20-8/h1-2,4,16-17H,3H2. The second kappa shape index (κ2) is 5.62. The third kappa shape index (κ3) is 3.01. The lowest BCUT2D eigenvalue weighted by molar-refractivity contribution is 0.282. The fourth-order valence-electron chi connectivity index (χ4n) is 1.42. The Morgan fingerprint density at radius 3 is 2.14 bits per heavy atom. The first kappa shape index (κ1) is 15.7. The van der Waals surface area contributed by atoms with Crippen LogP contribution in [0.15, 0.2) is 21.7 Å². The lowest BCUT2D eigenvalue weighted by atomic mass is 10.3. The highest BCUT2D eigenvalue weighted by atomic mass is 32.2. The van der Waals surface area contributed by atoms with Gasteiger partial charge in [0.1, 0.15) is 9.90 Å². The van der Waals surface area contributed by atoms with Crippen LogP contribution in [0.3, 0.4) is 0 Å². The summed E-state index contributed by atoms with van der Waals surface area (Å²) in [5.74, 6) is -7.16. The summed E-state index contributed by atoms with van der Waals surface area (Å²) in [6, 6.07) is 1.04. The molecule has 0 aliphatic heterocycles. The highest BCUT2D eigenvalue weighted by molar-refractivity contribution is 7.94. The summed E-state index contributed by atoms with van der Waals surface area (Å²) in [5, 5.41) is 10.2. The molecule has 0 aliphatic rings.